The Balaban J connectivity index is 1.56. The van der Waals surface area contributed by atoms with Gasteiger partial charge in [-0.25, -0.2) is 0 Å². The number of hydrogen-bond donors (Lipinski definition) is 1. The van der Waals surface area contributed by atoms with E-state index in [9.17, 15) is 0 Å². The summed E-state index contributed by atoms with van der Waals surface area (Å²) in [6.45, 7) is 5.50. The van der Waals surface area contributed by atoms with Gasteiger partial charge >= 0.3 is 0 Å². The maximum Gasteiger partial charge on any atom is 0.0478 e. The van der Waals surface area contributed by atoms with Crippen molar-refractivity contribution in [3.63, 3.8) is 0 Å². The Bertz CT molecular complexity index is 790. The average molecular weight is 393 g/mol. The highest BCUT2D eigenvalue weighted by Crippen LogP contribution is 2.27. The molecule has 28 heavy (non-hydrogen) atoms. The molecule has 3 aromatic rings. The molecular formula is C25H29ClN2. The molecule has 146 valence electrons. The van der Waals surface area contributed by atoms with E-state index < -0.39 is 0 Å². The first-order valence-corrected chi connectivity index (χ1v) is 10.4. The molecule has 0 radical (unpaired) electrons. The van der Waals surface area contributed by atoms with Crippen LogP contribution in [0.15, 0.2) is 79.0 Å². The lowest BCUT2D eigenvalue weighted by molar-refractivity contribution is 0.379. The van der Waals surface area contributed by atoms with Crippen molar-refractivity contribution in [2.75, 3.05) is 6.54 Å². The summed E-state index contributed by atoms with van der Waals surface area (Å²) in [5.74, 6) is 0.337. The SMILES string of the molecule is CC(C)(Cc1ccc(Cl)cc1)NCCCC(c1ccccc1)c1ccccn1. The van der Waals surface area contributed by atoms with Crippen molar-refractivity contribution >= 4 is 11.6 Å². The van der Waals surface area contributed by atoms with Crippen molar-refractivity contribution in [2.45, 2.75) is 44.6 Å². The van der Waals surface area contributed by atoms with Crippen molar-refractivity contribution < 1.29 is 0 Å². The van der Waals surface area contributed by atoms with Gasteiger partial charge in [0.2, 0.25) is 0 Å². The summed E-state index contributed by atoms with van der Waals surface area (Å²) in [4.78, 5) is 4.61. The summed E-state index contributed by atoms with van der Waals surface area (Å²) in [6, 6.07) is 25.0. The zero-order chi connectivity index (χ0) is 19.8. The number of benzene rings is 2. The summed E-state index contributed by atoms with van der Waals surface area (Å²) in [7, 11) is 0. The third-order valence-electron chi connectivity index (χ3n) is 5.08. The largest absolute Gasteiger partial charge is 0.311 e. The first-order chi connectivity index (χ1) is 13.5. The van der Waals surface area contributed by atoms with Gasteiger partial charge in [-0.05, 0) is 75.0 Å². The highest BCUT2D eigenvalue weighted by atomic mass is 35.5. The fraction of sp³-hybridized carbons (Fsp3) is 0.320. The third kappa shape index (κ3) is 6.19. The molecule has 1 atom stereocenters. The second kappa shape index (κ2) is 9.86. The number of nitrogens with zero attached hydrogens (tertiary/aromatic N) is 1. The van der Waals surface area contributed by atoms with Crippen molar-refractivity contribution in [3.05, 3.63) is 101 Å². The van der Waals surface area contributed by atoms with Crippen LogP contribution in [-0.2, 0) is 6.42 Å². The molecule has 0 aliphatic rings. The van der Waals surface area contributed by atoms with Crippen LogP contribution in [0, 0.1) is 0 Å². The molecule has 0 aliphatic carbocycles. The van der Waals surface area contributed by atoms with Gasteiger partial charge in [-0.15, -0.1) is 0 Å². The van der Waals surface area contributed by atoms with E-state index in [0.717, 1.165) is 36.5 Å². The number of hydrogen-bond acceptors (Lipinski definition) is 2. The summed E-state index contributed by atoms with van der Waals surface area (Å²) in [6.07, 6.45) is 5.04. The molecule has 0 saturated carbocycles. The molecule has 1 unspecified atom stereocenters. The van der Waals surface area contributed by atoms with E-state index in [-0.39, 0.29) is 5.54 Å². The molecule has 0 aliphatic heterocycles. The minimum Gasteiger partial charge on any atom is -0.311 e. The van der Waals surface area contributed by atoms with Crippen LogP contribution in [0.2, 0.25) is 5.02 Å². The Labute approximate surface area is 174 Å². The van der Waals surface area contributed by atoms with Gasteiger partial charge in [-0.3, -0.25) is 4.98 Å². The van der Waals surface area contributed by atoms with Crippen molar-refractivity contribution in [3.8, 4) is 0 Å². The molecule has 0 spiro atoms. The normalized spacial score (nSPS) is 12.7. The molecule has 0 bridgehead atoms. The average Bonchev–Trinajstić information content (AvgIpc) is 2.71. The van der Waals surface area contributed by atoms with E-state index in [1.54, 1.807) is 0 Å². The Morgan fingerprint density at radius 2 is 1.64 bits per heavy atom. The van der Waals surface area contributed by atoms with Gasteiger partial charge in [0.1, 0.15) is 0 Å². The van der Waals surface area contributed by atoms with E-state index in [1.165, 1.54) is 11.1 Å². The van der Waals surface area contributed by atoms with Gasteiger partial charge in [0.15, 0.2) is 0 Å². The maximum absolute atomic E-state index is 6.00. The van der Waals surface area contributed by atoms with Crippen LogP contribution in [0.25, 0.3) is 0 Å². The van der Waals surface area contributed by atoms with Gasteiger partial charge < -0.3 is 5.32 Å². The number of pyridine rings is 1. The monoisotopic (exact) mass is 392 g/mol. The quantitative estimate of drug-likeness (QED) is 0.435. The minimum absolute atomic E-state index is 0.0427. The lowest BCUT2D eigenvalue weighted by atomic mass is 9.90. The van der Waals surface area contributed by atoms with Crippen LogP contribution in [-0.4, -0.2) is 17.1 Å². The van der Waals surface area contributed by atoms with Crippen molar-refractivity contribution in [2.24, 2.45) is 0 Å². The Morgan fingerprint density at radius 3 is 2.32 bits per heavy atom. The summed E-state index contributed by atoms with van der Waals surface area (Å²) < 4.78 is 0. The first-order valence-electron chi connectivity index (χ1n) is 9.99. The van der Waals surface area contributed by atoms with Crippen LogP contribution < -0.4 is 5.32 Å². The van der Waals surface area contributed by atoms with Crippen LogP contribution in [0.3, 0.4) is 0 Å². The first kappa shape index (κ1) is 20.6. The van der Waals surface area contributed by atoms with Gasteiger partial charge in [-0.2, -0.15) is 0 Å². The fourth-order valence-corrected chi connectivity index (χ4v) is 3.79. The molecule has 1 heterocycles. The van der Waals surface area contributed by atoms with Crippen LogP contribution in [0.1, 0.15) is 49.4 Å². The van der Waals surface area contributed by atoms with Gasteiger partial charge in [0, 0.05) is 28.4 Å². The predicted octanol–water partition coefficient (Wildman–Crippen LogP) is 6.26. The molecule has 3 rings (SSSR count). The smallest absolute Gasteiger partial charge is 0.0478 e. The van der Waals surface area contributed by atoms with Gasteiger partial charge in [0.05, 0.1) is 0 Å². The molecule has 1 N–H and O–H groups in total. The van der Waals surface area contributed by atoms with E-state index in [4.69, 9.17) is 11.6 Å². The fourth-order valence-electron chi connectivity index (χ4n) is 3.66. The Kier molecular flexibility index (Phi) is 7.24. The van der Waals surface area contributed by atoms with Gasteiger partial charge in [-0.1, -0.05) is 60.1 Å². The van der Waals surface area contributed by atoms with E-state index >= 15 is 0 Å². The van der Waals surface area contributed by atoms with E-state index in [2.05, 4.69) is 78.7 Å². The van der Waals surface area contributed by atoms with Crippen LogP contribution in [0.4, 0.5) is 0 Å². The molecule has 3 heteroatoms. The second-order valence-corrected chi connectivity index (χ2v) is 8.41. The molecule has 1 aromatic heterocycles. The molecule has 2 nitrogen and oxygen atoms in total. The molecule has 0 amide bonds. The number of nitrogens with one attached hydrogen (secondary N) is 1. The Hall–Kier alpha value is -2.16. The maximum atomic E-state index is 6.00. The number of halogens is 1. The van der Waals surface area contributed by atoms with Crippen LogP contribution in [0.5, 0.6) is 0 Å². The van der Waals surface area contributed by atoms with Gasteiger partial charge in [0.25, 0.3) is 0 Å². The zero-order valence-corrected chi connectivity index (χ0v) is 17.5. The van der Waals surface area contributed by atoms with E-state index in [0.29, 0.717) is 5.92 Å². The minimum atomic E-state index is 0.0427. The molecule has 0 fully saturated rings. The lowest BCUT2D eigenvalue weighted by Gasteiger charge is -2.27. The summed E-state index contributed by atoms with van der Waals surface area (Å²) >= 11 is 6.00. The standard InChI is InChI=1S/C25H29ClN2/c1-25(2,19-20-13-15-22(26)16-14-20)28-18-8-11-23(21-9-4-3-5-10-21)24-12-6-7-17-27-24/h3-7,9-10,12-17,23,28H,8,11,18-19H2,1-2H3. The van der Waals surface area contributed by atoms with Crippen LogP contribution >= 0.6 is 11.6 Å². The van der Waals surface area contributed by atoms with Crippen molar-refractivity contribution in [1.29, 1.82) is 0 Å². The topological polar surface area (TPSA) is 24.9 Å². The summed E-state index contributed by atoms with van der Waals surface area (Å²) in [5.41, 5.74) is 3.83. The number of rotatable bonds is 9. The summed E-state index contributed by atoms with van der Waals surface area (Å²) in [5, 5.41) is 4.51. The second-order valence-electron chi connectivity index (χ2n) is 7.97. The molecule has 0 saturated heterocycles. The highest BCUT2D eigenvalue weighted by Gasteiger charge is 2.19. The van der Waals surface area contributed by atoms with Crippen molar-refractivity contribution in [1.82, 2.24) is 10.3 Å². The highest BCUT2D eigenvalue weighted by molar-refractivity contribution is 6.30. The Morgan fingerprint density at radius 1 is 0.929 bits per heavy atom. The lowest BCUT2D eigenvalue weighted by Crippen LogP contribution is -2.41. The predicted molar refractivity (Wildman–Crippen MR) is 119 cm³/mol. The zero-order valence-electron chi connectivity index (χ0n) is 16.7. The van der Waals surface area contributed by atoms with E-state index in [1.807, 2.05) is 24.4 Å². The third-order valence-corrected chi connectivity index (χ3v) is 5.33. The molecular weight excluding hydrogens is 364 g/mol. The number of aromatic nitrogens is 1. The molecule has 2 aromatic carbocycles.